The molecule has 1 aromatic carbocycles. The molecule has 4 heteroatoms. The number of hydrogen-bond acceptors (Lipinski definition) is 0. The maximum atomic E-state index is 12.4. The molecule has 0 aliphatic carbocycles. The minimum atomic E-state index is -4.51. The monoisotopic (exact) mass is 214 g/mol. The van der Waals surface area contributed by atoms with Crippen molar-refractivity contribution in [1.29, 1.82) is 0 Å². The Morgan fingerprint density at radius 2 is 1.67 bits per heavy atom. The fraction of sp³-hybridized carbons (Fsp3) is 0.0909. The minimum absolute atomic E-state index is 0.307. The number of benzene rings is 1. The van der Waals surface area contributed by atoms with Crippen LogP contribution < -0.4 is 0 Å². The lowest BCUT2D eigenvalue weighted by Gasteiger charge is -2.01. The first kappa shape index (κ1) is 11.3. The third-order valence-corrected chi connectivity index (χ3v) is 1.54. The summed E-state index contributed by atoms with van der Waals surface area (Å²) in [6, 6.07) is 4.85. The van der Waals surface area contributed by atoms with Crippen molar-refractivity contribution in [3.05, 3.63) is 47.8 Å². The molecule has 0 radical (unpaired) electrons. The number of hydrogen-bond donors (Lipinski definition) is 0. The Hall–Kier alpha value is -1.76. The zero-order valence-corrected chi connectivity index (χ0v) is 7.53. The van der Waals surface area contributed by atoms with Crippen molar-refractivity contribution in [2.45, 2.75) is 6.18 Å². The summed E-state index contributed by atoms with van der Waals surface area (Å²) in [7, 11) is 0. The Bertz CT molecular complexity index is 415. The maximum absolute atomic E-state index is 12.4. The molecule has 78 valence electrons. The lowest BCUT2D eigenvalue weighted by atomic mass is 10.2. The molecule has 15 heavy (non-hydrogen) atoms. The van der Waals surface area contributed by atoms with Crippen LogP contribution in [-0.2, 0) is 0 Å². The summed E-state index contributed by atoms with van der Waals surface area (Å²) in [5.41, 5.74) is -0.811. The molecule has 0 nitrogen and oxygen atoms in total. The molecule has 0 saturated carbocycles. The molecular weight excluding hydrogens is 208 g/mol. The zero-order chi connectivity index (χ0) is 11.5. The highest BCUT2D eigenvalue weighted by molar-refractivity contribution is 5.41. The Morgan fingerprint density at radius 3 is 2.13 bits per heavy atom. The van der Waals surface area contributed by atoms with Gasteiger partial charge in [-0.05, 0) is 24.3 Å². The summed E-state index contributed by atoms with van der Waals surface area (Å²) in [6.07, 6.45) is -4.51. The van der Waals surface area contributed by atoms with Gasteiger partial charge < -0.3 is 0 Å². The summed E-state index contributed by atoms with van der Waals surface area (Å²) in [4.78, 5) is 0. The normalized spacial score (nSPS) is 10.4. The molecule has 0 atom stereocenters. The van der Waals surface area contributed by atoms with E-state index in [9.17, 15) is 17.6 Å². The second-order valence-electron chi connectivity index (χ2n) is 2.73. The molecule has 0 saturated heterocycles. The number of rotatable bonds is 0. The molecule has 0 heterocycles. The SMILES string of the molecule is C=C(C#Cc1ccc(F)cc1)C(F)(F)F. The second kappa shape index (κ2) is 4.18. The highest BCUT2D eigenvalue weighted by Gasteiger charge is 2.30. The van der Waals surface area contributed by atoms with Crippen molar-refractivity contribution in [2.24, 2.45) is 0 Å². The van der Waals surface area contributed by atoms with Gasteiger partial charge in [0.05, 0.1) is 5.57 Å². The average molecular weight is 214 g/mol. The van der Waals surface area contributed by atoms with Crippen molar-refractivity contribution in [1.82, 2.24) is 0 Å². The van der Waals surface area contributed by atoms with Crippen LogP contribution in [0.1, 0.15) is 5.56 Å². The third kappa shape index (κ3) is 3.47. The highest BCUT2D eigenvalue weighted by Crippen LogP contribution is 2.23. The van der Waals surface area contributed by atoms with Gasteiger partial charge in [-0.25, -0.2) is 4.39 Å². The minimum Gasteiger partial charge on any atom is -0.207 e. The first-order chi connectivity index (χ1) is 6.89. The van der Waals surface area contributed by atoms with Crippen molar-refractivity contribution in [3.8, 4) is 11.8 Å². The maximum Gasteiger partial charge on any atom is 0.423 e. The van der Waals surface area contributed by atoms with E-state index in [0.717, 1.165) is 12.1 Å². The van der Waals surface area contributed by atoms with Crippen LogP contribution in [0.4, 0.5) is 17.6 Å². The van der Waals surface area contributed by atoms with E-state index in [2.05, 4.69) is 12.5 Å². The van der Waals surface area contributed by atoms with Gasteiger partial charge in [-0.2, -0.15) is 13.2 Å². The Kier molecular flexibility index (Phi) is 3.15. The molecule has 0 N–H and O–H groups in total. The van der Waals surface area contributed by atoms with Crippen LogP contribution in [0.15, 0.2) is 36.4 Å². The lowest BCUT2D eigenvalue weighted by Crippen LogP contribution is -2.08. The fourth-order valence-corrected chi connectivity index (χ4v) is 0.752. The quantitative estimate of drug-likeness (QED) is 0.459. The van der Waals surface area contributed by atoms with Gasteiger partial charge in [0.25, 0.3) is 0 Å². The van der Waals surface area contributed by atoms with Crippen LogP contribution in [0.3, 0.4) is 0 Å². The molecule has 0 spiro atoms. The smallest absolute Gasteiger partial charge is 0.207 e. The van der Waals surface area contributed by atoms with Crippen molar-refractivity contribution in [2.75, 3.05) is 0 Å². The van der Waals surface area contributed by atoms with E-state index < -0.39 is 17.6 Å². The van der Waals surface area contributed by atoms with Gasteiger partial charge >= 0.3 is 6.18 Å². The highest BCUT2D eigenvalue weighted by atomic mass is 19.4. The summed E-state index contributed by atoms with van der Waals surface area (Å²) in [6.45, 7) is 2.79. The van der Waals surface area contributed by atoms with Gasteiger partial charge in [-0.1, -0.05) is 18.4 Å². The topological polar surface area (TPSA) is 0 Å². The van der Waals surface area contributed by atoms with Crippen LogP contribution in [0.25, 0.3) is 0 Å². The lowest BCUT2D eigenvalue weighted by molar-refractivity contribution is -0.0868. The zero-order valence-electron chi connectivity index (χ0n) is 7.53. The van der Waals surface area contributed by atoms with Gasteiger partial charge in [0, 0.05) is 5.56 Å². The van der Waals surface area contributed by atoms with Crippen LogP contribution in [-0.4, -0.2) is 6.18 Å². The van der Waals surface area contributed by atoms with Crippen LogP contribution >= 0.6 is 0 Å². The Labute approximate surface area is 84.2 Å². The Balaban J connectivity index is 2.83. The van der Waals surface area contributed by atoms with Gasteiger partial charge in [0.15, 0.2) is 0 Å². The van der Waals surface area contributed by atoms with Crippen molar-refractivity contribution in [3.63, 3.8) is 0 Å². The predicted molar refractivity (Wildman–Crippen MR) is 48.5 cm³/mol. The molecule has 0 aromatic heterocycles. The predicted octanol–water partition coefficient (Wildman–Crippen LogP) is 3.30. The van der Waals surface area contributed by atoms with E-state index >= 15 is 0 Å². The number of allylic oxidation sites excluding steroid dienone is 1. The van der Waals surface area contributed by atoms with Gasteiger partial charge in [0.1, 0.15) is 5.82 Å². The number of halogens is 4. The molecule has 0 amide bonds. The molecule has 0 fully saturated rings. The molecular formula is C11H6F4. The Morgan fingerprint density at radius 1 is 1.13 bits per heavy atom. The van der Waals surface area contributed by atoms with E-state index in [4.69, 9.17) is 0 Å². The van der Waals surface area contributed by atoms with Gasteiger partial charge in [0.2, 0.25) is 0 Å². The first-order valence-corrected chi connectivity index (χ1v) is 3.93. The van der Waals surface area contributed by atoms with E-state index in [1.807, 2.05) is 5.92 Å². The van der Waals surface area contributed by atoms with Crippen molar-refractivity contribution >= 4 is 0 Å². The van der Waals surface area contributed by atoms with E-state index in [1.54, 1.807) is 0 Å². The standard InChI is InChI=1S/C11H6F4/c1-8(11(13,14)15)2-3-9-4-6-10(12)7-5-9/h4-7H,1H2. The fourth-order valence-electron chi connectivity index (χ4n) is 0.752. The van der Waals surface area contributed by atoms with Gasteiger partial charge in [-0.15, -0.1) is 0 Å². The van der Waals surface area contributed by atoms with E-state index in [-0.39, 0.29) is 0 Å². The van der Waals surface area contributed by atoms with Crippen molar-refractivity contribution < 1.29 is 17.6 Å². The van der Waals surface area contributed by atoms with Crippen LogP contribution in [0, 0.1) is 17.7 Å². The third-order valence-electron chi connectivity index (χ3n) is 1.54. The summed E-state index contributed by atoms with van der Waals surface area (Å²) < 4.78 is 48.3. The average Bonchev–Trinajstić information content (AvgIpc) is 2.15. The van der Waals surface area contributed by atoms with Gasteiger partial charge in [-0.3, -0.25) is 0 Å². The summed E-state index contributed by atoms with van der Waals surface area (Å²) >= 11 is 0. The molecule has 1 aromatic rings. The largest absolute Gasteiger partial charge is 0.423 e. The second-order valence-corrected chi connectivity index (χ2v) is 2.73. The van der Waals surface area contributed by atoms with Crippen LogP contribution in [0.5, 0.6) is 0 Å². The summed E-state index contributed by atoms with van der Waals surface area (Å²) in [5.74, 6) is 3.65. The molecule has 0 bridgehead atoms. The van der Waals surface area contributed by atoms with E-state index in [0.29, 0.717) is 5.56 Å². The molecule has 0 unspecified atom stereocenters. The first-order valence-electron chi connectivity index (χ1n) is 3.93. The number of alkyl halides is 3. The molecule has 0 aliphatic rings. The molecule has 1 rings (SSSR count). The van der Waals surface area contributed by atoms with E-state index in [1.165, 1.54) is 12.1 Å². The van der Waals surface area contributed by atoms with Crippen LogP contribution in [0.2, 0.25) is 0 Å². The summed E-state index contributed by atoms with van der Waals surface area (Å²) in [5, 5.41) is 0. The molecule has 0 aliphatic heterocycles.